The molecule has 0 saturated heterocycles. The second-order valence-corrected chi connectivity index (χ2v) is 2.26. The first kappa shape index (κ1) is 12.8. The Bertz CT molecular complexity index is 69.3. The van der Waals surface area contributed by atoms with Crippen LogP contribution in [0, 0.1) is 0 Å². The quantitative estimate of drug-likeness (QED) is 0.520. The number of carbonyl (C=O) groups excluding carboxylic acids is 1. The first-order chi connectivity index (χ1) is 4.65. The third kappa shape index (κ3) is 41.8. The monoisotopic (exact) mass is 188 g/mol. The van der Waals surface area contributed by atoms with Crippen molar-refractivity contribution in [1.29, 1.82) is 0 Å². The van der Waals surface area contributed by atoms with Crippen LogP contribution in [0.25, 0.3) is 0 Å². The molecule has 5 heteroatoms. The molecule has 10 heavy (non-hydrogen) atoms. The molecule has 0 rings (SSSR count). The molecule has 0 fully saturated rings. The summed E-state index contributed by atoms with van der Waals surface area (Å²) in [5.41, 5.74) is 0. The fourth-order valence-electron chi connectivity index (χ4n) is 0.224. The molecule has 2 N–H and O–H groups in total. The lowest BCUT2D eigenvalue weighted by molar-refractivity contribution is 0.242. The van der Waals surface area contributed by atoms with Gasteiger partial charge in [0.25, 0.3) is 0 Å². The average Bonchev–Trinajstić information content (AvgIpc) is 1.82. The maximum atomic E-state index is 8.98. The van der Waals surface area contributed by atoms with Crippen LogP contribution in [-0.2, 0) is 0 Å². The Morgan fingerprint density at radius 2 is 1.30 bits per heavy atom. The normalized spacial score (nSPS) is 8.00. The Morgan fingerprint density at radius 3 is 1.40 bits per heavy atom. The average molecular weight is 189 g/mol. The van der Waals surface area contributed by atoms with Crippen molar-refractivity contribution in [1.82, 2.24) is 0 Å². The van der Waals surface area contributed by atoms with Crippen LogP contribution in [0.2, 0.25) is 0 Å². The topological polar surface area (TPSA) is 57.5 Å². The minimum absolute atomic E-state index is 0.195. The molecule has 0 aliphatic heterocycles. The van der Waals surface area contributed by atoms with E-state index in [0.717, 1.165) is 12.8 Å². The lowest BCUT2D eigenvalue weighted by atomic mass is 10.3. The molecule has 0 heterocycles. The molecule has 0 aliphatic rings. The van der Waals surface area contributed by atoms with Crippen molar-refractivity contribution in [2.45, 2.75) is 12.8 Å². The predicted octanol–water partition coefficient (Wildman–Crippen LogP) is 1.34. The van der Waals surface area contributed by atoms with Crippen LogP contribution in [0.5, 0.6) is 0 Å². The van der Waals surface area contributed by atoms with E-state index in [1.165, 1.54) is 0 Å². The van der Waals surface area contributed by atoms with Gasteiger partial charge in [0.1, 0.15) is 0 Å². The summed E-state index contributed by atoms with van der Waals surface area (Å²) in [7, 11) is 0. The molecule has 0 unspecified atom stereocenters. The molecule has 0 bridgehead atoms. The molecule has 0 aliphatic carbocycles. The zero-order chi connectivity index (χ0) is 8.41. The zero-order valence-corrected chi connectivity index (χ0v) is 6.90. The summed E-state index contributed by atoms with van der Waals surface area (Å²) in [6.07, 6.45) is 1.44. The fourth-order valence-corrected chi connectivity index (χ4v) is 0.224. The van der Waals surface area contributed by atoms with Crippen LogP contribution in [-0.4, -0.2) is 28.1 Å². The number of aliphatic hydroxyl groups is 2. The summed E-state index contributed by atoms with van der Waals surface area (Å²) in [5.74, 6) is 0. The zero-order valence-electron chi connectivity index (χ0n) is 5.39. The number of rotatable bonds is 3. The number of hydrogen-bond acceptors (Lipinski definition) is 3. The summed E-state index contributed by atoms with van der Waals surface area (Å²) in [6, 6.07) is 0. The number of aliphatic hydroxyl groups excluding tert-OH is 2. The van der Waals surface area contributed by atoms with Crippen molar-refractivity contribution in [3.8, 4) is 0 Å². The van der Waals surface area contributed by atoms with Crippen molar-refractivity contribution < 1.29 is 15.0 Å². The van der Waals surface area contributed by atoms with Gasteiger partial charge in [-0.2, -0.15) is 0 Å². The number of unbranched alkanes of at least 4 members (excludes halogenated alkanes) is 1. The summed E-state index contributed by atoms with van der Waals surface area (Å²) in [4.78, 5) is 8.98. The highest BCUT2D eigenvalue weighted by Crippen LogP contribution is 1.84. The van der Waals surface area contributed by atoms with Gasteiger partial charge in [-0.3, -0.25) is 4.79 Å². The lowest BCUT2D eigenvalue weighted by Gasteiger charge is -1.85. The third-order valence-corrected chi connectivity index (χ3v) is 0.566. The standard InChI is InChI=1S/C4H10O2.CCl2O/c5-3-1-2-4-6;2-1(3)4/h5-6H,1-4H2;. The SMILES string of the molecule is O=C(Cl)Cl.OCCCCO. The number of halogens is 2. The van der Waals surface area contributed by atoms with Crippen LogP contribution in [0.15, 0.2) is 0 Å². The van der Waals surface area contributed by atoms with Crippen molar-refractivity contribution in [3.63, 3.8) is 0 Å². The van der Waals surface area contributed by atoms with Crippen LogP contribution in [0.4, 0.5) is 4.79 Å². The van der Waals surface area contributed by atoms with Gasteiger partial charge in [-0.15, -0.1) is 0 Å². The van der Waals surface area contributed by atoms with E-state index in [1.54, 1.807) is 0 Å². The third-order valence-electron chi connectivity index (χ3n) is 0.566. The molecule has 62 valence electrons. The maximum absolute atomic E-state index is 8.98. The van der Waals surface area contributed by atoms with Crippen LogP contribution >= 0.6 is 23.2 Å². The van der Waals surface area contributed by atoms with E-state index >= 15 is 0 Å². The van der Waals surface area contributed by atoms with E-state index in [1.807, 2.05) is 0 Å². The maximum Gasteiger partial charge on any atom is 0.313 e. The largest absolute Gasteiger partial charge is 0.396 e. The first-order valence-corrected chi connectivity index (χ1v) is 3.47. The van der Waals surface area contributed by atoms with Gasteiger partial charge >= 0.3 is 4.70 Å². The Morgan fingerprint density at radius 1 is 1.10 bits per heavy atom. The number of hydrogen-bond donors (Lipinski definition) is 2. The Kier molecular flexibility index (Phi) is 15.3. The van der Waals surface area contributed by atoms with Gasteiger partial charge in [-0.1, -0.05) is 0 Å². The van der Waals surface area contributed by atoms with Crippen molar-refractivity contribution in [3.05, 3.63) is 0 Å². The van der Waals surface area contributed by atoms with E-state index in [9.17, 15) is 0 Å². The molecule has 0 amide bonds. The molecular formula is C5H10Cl2O3. The van der Waals surface area contributed by atoms with Gasteiger partial charge in [0.2, 0.25) is 0 Å². The molecular weight excluding hydrogens is 179 g/mol. The molecule has 0 saturated carbocycles. The van der Waals surface area contributed by atoms with E-state index in [2.05, 4.69) is 23.2 Å². The van der Waals surface area contributed by atoms with Crippen molar-refractivity contribution in [2.24, 2.45) is 0 Å². The molecule has 0 atom stereocenters. The van der Waals surface area contributed by atoms with E-state index in [-0.39, 0.29) is 13.2 Å². The van der Waals surface area contributed by atoms with Gasteiger partial charge in [0.15, 0.2) is 0 Å². The summed E-state index contributed by atoms with van der Waals surface area (Å²) < 4.78 is -0.889. The fraction of sp³-hybridized carbons (Fsp3) is 0.800. The van der Waals surface area contributed by atoms with E-state index in [0.29, 0.717) is 0 Å². The highest BCUT2D eigenvalue weighted by Gasteiger charge is 1.77. The summed E-state index contributed by atoms with van der Waals surface area (Å²) in [5, 5.41) is 16.2. The second kappa shape index (κ2) is 11.9. The van der Waals surface area contributed by atoms with Gasteiger partial charge in [0.05, 0.1) is 0 Å². The molecule has 0 spiro atoms. The summed E-state index contributed by atoms with van der Waals surface area (Å²) in [6.45, 7) is 0.390. The molecule has 0 aromatic carbocycles. The first-order valence-electron chi connectivity index (χ1n) is 2.71. The lowest BCUT2D eigenvalue weighted by Crippen LogP contribution is -1.85. The van der Waals surface area contributed by atoms with E-state index in [4.69, 9.17) is 15.0 Å². The molecule has 0 aromatic heterocycles. The Balaban J connectivity index is 0. The van der Waals surface area contributed by atoms with Crippen LogP contribution in [0.1, 0.15) is 12.8 Å². The number of carbonyl (C=O) groups is 1. The van der Waals surface area contributed by atoms with Gasteiger partial charge < -0.3 is 10.2 Å². The van der Waals surface area contributed by atoms with Gasteiger partial charge in [-0.25, -0.2) is 0 Å². The van der Waals surface area contributed by atoms with Gasteiger partial charge in [-0.05, 0) is 36.0 Å². The van der Waals surface area contributed by atoms with Crippen molar-refractivity contribution >= 4 is 27.9 Å². The van der Waals surface area contributed by atoms with Crippen LogP contribution in [0.3, 0.4) is 0 Å². The highest BCUT2D eigenvalue weighted by atomic mass is 35.5. The minimum Gasteiger partial charge on any atom is -0.396 e. The van der Waals surface area contributed by atoms with Crippen LogP contribution < -0.4 is 0 Å². The van der Waals surface area contributed by atoms with E-state index < -0.39 is 4.70 Å². The van der Waals surface area contributed by atoms with Crippen molar-refractivity contribution in [2.75, 3.05) is 13.2 Å². The highest BCUT2D eigenvalue weighted by molar-refractivity contribution is 6.93. The van der Waals surface area contributed by atoms with Gasteiger partial charge in [0, 0.05) is 13.2 Å². The Hall–Kier alpha value is 0.170. The molecule has 3 nitrogen and oxygen atoms in total. The predicted molar refractivity (Wildman–Crippen MR) is 40.5 cm³/mol. The smallest absolute Gasteiger partial charge is 0.313 e. The molecule has 0 radical (unpaired) electrons. The summed E-state index contributed by atoms with van der Waals surface area (Å²) >= 11 is 8.80. The Labute approximate surface area is 69.6 Å². The molecule has 0 aromatic rings. The minimum atomic E-state index is -0.889. The second-order valence-electron chi connectivity index (χ2n) is 1.38.